The number of carboxylic acids is 1. The number of rotatable bonds is 2. The van der Waals surface area contributed by atoms with Crippen molar-refractivity contribution < 1.29 is 14.6 Å². The molecule has 1 saturated heterocycles. The SMILES string of the molecule is CC1(C)CN(CC(=O)O)CCCO1. The Morgan fingerprint density at radius 3 is 2.92 bits per heavy atom. The molecule has 76 valence electrons. The fourth-order valence-electron chi connectivity index (χ4n) is 1.63. The summed E-state index contributed by atoms with van der Waals surface area (Å²) in [5.41, 5.74) is -0.216. The van der Waals surface area contributed by atoms with Crippen molar-refractivity contribution in [2.45, 2.75) is 25.9 Å². The van der Waals surface area contributed by atoms with Gasteiger partial charge in [0.25, 0.3) is 0 Å². The van der Waals surface area contributed by atoms with Gasteiger partial charge in [0.05, 0.1) is 12.1 Å². The number of aliphatic carboxylic acids is 1. The van der Waals surface area contributed by atoms with Crippen LogP contribution in [-0.2, 0) is 9.53 Å². The Hall–Kier alpha value is -0.610. The molecular formula is C9H17NO3. The van der Waals surface area contributed by atoms with Crippen molar-refractivity contribution in [2.75, 3.05) is 26.2 Å². The highest BCUT2D eigenvalue weighted by Gasteiger charge is 2.26. The topological polar surface area (TPSA) is 49.8 Å². The summed E-state index contributed by atoms with van der Waals surface area (Å²) in [5, 5.41) is 8.65. The molecule has 1 fully saturated rings. The van der Waals surface area contributed by atoms with Gasteiger partial charge in [-0.25, -0.2) is 0 Å². The Labute approximate surface area is 78.5 Å². The molecule has 0 amide bonds. The summed E-state index contributed by atoms with van der Waals surface area (Å²) in [6, 6.07) is 0. The molecule has 0 aromatic heterocycles. The minimum absolute atomic E-state index is 0.118. The lowest BCUT2D eigenvalue weighted by Gasteiger charge is -2.27. The largest absolute Gasteiger partial charge is 0.480 e. The van der Waals surface area contributed by atoms with E-state index in [2.05, 4.69) is 0 Å². The monoisotopic (exact) mass is 187 g/mol. The minimum atomic E-state index is -0.766. The van der Waals surface area contributed by atoms with E-state index in [4.69, 9.17) is 9.84 Å². The lowest BCUT2D eigenvalue weighted by atomic mass is 10.1. The molecule has 0 atom stereocenters. The van der Waals surface area contributed by atoms with Crippen molar-refractivity contribution >= 4 is 5.97 Å². The van der Waals surface area contributed by atoms with Crippen LogP contribution in [0.15, 0.2) is 0 Å². The second-order valence-corrected chi connectivity index (χ2v) is 4.07. The van der Waals surface area contributed by atoms with Crippen LogP contribution in [0.2, 0.25) is 0 Å². The maximum absolute atomic E-state index is 10.5. The Bertz CT molecular complexity index is 191. The highest BCUT2D eigenvalue weighted by atomic mass is 16.5. The van der Waals surface area contributed by atoms with E-state index in [-0.39, 0.29) is 12.1 Å². The number of hydrogen-bond donors (Lipinski definition) is 1. The molecule has 13 heavy (non-hydrogen) atoms. The predicted molar refractivity (Wildman–Crippen MR) is 48.7 cm³/mol. The third-order valence-electron chi connectivity index (χ3n) is 2.07. The van der Waals surface area contributed by atoms with Gasteiger partial charge in [0.1, 0.15) is 0 Å². The van der Waals surface area contributed by atoms with Crippen molar-refractivity contribution in [1.82, 2.24) is 4.90 Å². The zero-order chi connectivity index (χ0) is 9.90. The molecule has 1 rings (SSSR count). The van der Waals surface area contributed by atoms with Gasteiger partial charge in [-0.3, -0.25) is 9.69 Å². The van der Waals surface area contributed by atoms with Gasteiger partial charge >= 0.3 is 5.97 Å². The van der Waals surface area contributed by atoms with Crippen LogP contribution >= 0.6 is 0 Å². The van der Waals surface area contributed by atoms with Gasteiger partial charge in [-0.05, 0) is 20.3 Å². The third kappa shape index (κ3) is 3.74. The highest BCUT2D eigenvalue weighted by Crippen LogP contribution is 2.15. The molecule has 1 aliphatic heterocycles. The number of hydrogen-bond acceptors (Lipinski definition) is 3. The van der Waals surface area contributed by atoms with Gasteiger partial charge in [-0.1, -0.05) is 0 Å². The Morgan fingerprint density at radius 1 is 1.62 bits per heavy atom. The molecule has 0 saturated carbocycles. The Morgan fingerprint density at radius 2 is 2.31 bits per heavy atom. The molecule has 0 unspecified atom stereocenters. The number of carboxylic acid groups (broad SMARTS) is 1. The molecule has 0 bridgehead atoms. The fraction of sp³-hybridized carbons (Fsp3) is 0.889. The summed E-state index contributed by atoms with van der Waals surface area (Å²) in [5.74, 6) is -0.766. The first-order valence-corrected chi connectivity index (χ1v) is 4.58. The summed E-state index contributed by atoms with van der Waals surface area (Å²) < 4.78 is 5.57. The smallest absolute Gasteiger partial charge is 0.317 e. The third-order valence-corrected chi connectivity index (χ3v) is 2.07. The molecule has 0 aromatic carbocycles. The van der Waals surface area contributed by atoms with E-state index in [1.807, 2.05) is 18.7 Å². The van der Waals surface area contributed by atoms with E-state index >= 15 is 0 Å². The predicted octanol–water partition coefficient (Wildman–Crippen LogP) is 0.572. The minimum Gasteiger partial charge on any atom is -0.480 e. The van der Waals surface area contributed by atoms with Crippen LogP contribution in [0.5, 0.6) is 0 Å². The average Bonchev–Trinajstić information content (AvgIpc) is 2.09. The Balaban J connectivity index is 2.49. The summed E-state index contributed by atoms with van der Waals surface area (Å²) in [7, 11) is 0. The lowest BCUT2D eigenvalue weighted by molar-refractivity contribution is -0.138. The molecule has 0 aromatic rings. The summed E-state index contributed by atoms with van der Waals surface area (Å²) in [6.45, 7) is 6.34. The lowest BCUT2D eigenvalue weighted by Crippen LogP contribution is -2.40. The number of nitrogens with zero attached hydrogens (tertiary/aromatic N) is 1. The van der Waals surface area contributed by atoms with Gasteiger partial charge in [0.2, 0.25) is 0 Å². The van der Waals surface area contributed by atoms with Crippen LogP contribution in [-0.4, -0.2) is 47.8 Å². The molecule has 4 heteroatoms. The second kappa shape index (κ2) is 4.07. The van der Waals surface area contributed by atoms with E-state index in [0.717, 1.165) is 19.6 Å². The van der Waals surface area contributed by atoms with E-state index in [9.17, 15) is 4.79 Å². The molecular weight excluding hydrogens is 170 g/mol. The van der Waals surface area contributed by atoms with Crippen LogP contribution in [0.3, 0.4) is 0 Å². The zero-order valence-corrected chi connectivity index (χ0v) is 8.25. The van der Waals surface area contributed by atoms with Crippen molar-refractivity contribution in [1.29, 1.82) is 0 Å². The quantitative estimate of drug-likeness (QED) is 0.686. The molecule has 1 aliphatic rings. The van der Waals surface area contributed by atoms with Crippen molar-refractivity contribution in [2.24, 2.45) is 0 Å². The fourth-order valence-corrected chi connectivity index (χ4v) is 1.63. The number of carbonyl (C=O) groups is 1. The zero-order valence-electron chi connectivity index (χ0n) is 8.25. The van der Waals surface area contributed by atoms with Gasteiger partial charge in [0, 0.05) is 19.7 Å². The molecule has 0 aliphatic carbocycles. The van der Waals surface area contributed by atoms with Gasteiger partial charge in [-0.2, -0.15) is 0 Å². The van der Waals surface area contributed by atoms with Crippen molar-refractivity contribution in [3.63, 3.8) is 0 Å². The maximum atomic E-state index is 10.5. The van der Waals surface area contributed by atoms with Crippen LogP contribution in [0.25, 0.3) is 0 Å². The van der Waals surface area contributed by atoms with Gasteiger partial charge < -0.3 is 9.84 Å². The van der Waals surface area contributed by atoms with E-state index in [1.54, 1.807) is 0 Å². The molecule has 0 spiro atoms. The summed E-state index contributed by atoms with van der Waals surface area (Å²) >= 11 is 0. The van der Waals surface area contributed by atoms with Crippen LogP contribution in [0.4, 0.5) is 0 Å². The van der Waals surface area contributed by atoms with Crippen LogP contribution in [0.1, 0.15) is 20.3 Å². The second-order valence-electron chi connectivity index (χ2n) is 4.07. The Kier molecular flexibility index (Phi) is 3.27. The van der Waals surface area contributed by atoms with Gasteiger partial charge in [0.15, 0.2) is 0 Å². The standard InChI is InChI=1S/C9H17NO3/c1-9(2)7-10(6-8(11)12)4-3-5-13-9/h3-7H2,1-2H3,(H,11,12). The van der Waals surface area contributed by atoms with Crippen LogP contribution < -0.4 is 0 Å². The average molecular weight is 187 g/mol. The first-order chi connectivity index (χ1) is 5.99. The first kappa shape index (κ1) is 10.5. The highest BCUT2D eigenvalue weighted by molar-refractivity contribution is 5.69. The molecule has 1 heterocycles. The van der Waals surface area contributed by atoms with Crippen molar-refractivity contribution in [3.05, 3.63) is 0 Å². The van der Waals surface area contributed by atoms with Crippen LogP contribution in [0, 0.1) is 0 Å². The van der Waals surface area contributed by atoms with Gasteiger partial charge in [-0.15, -0.1) is 0 Å². The van der Waals surface area contributed by atoms with E-state index in [1.165, 1.54) is 0 Å². The summed E-state index contributed by atoms with van der Waals surface area (Å²) in [4.78, 5) is 12.4. The normalized spacial score (nSPS) is 23.8. The molecule has 0 radical (unpaired) electrons. The molecule has 1 N–H and O–H groups in total. The van der Waals surface area contributed by atoms with Crippen molar-refractivity contribution in [3.8, 4) is 0 Å². The first-order valence-electron chi connectivity index (χ1n) is 4.58. The molecule has 4 nitrogen and oxygen atoms in total. The van der Waals surface area contributed by atoms with E-state index in [0.29, 0.717) is 6.54 Å². The van der Waals surface area contributed by atoms with E-state index < -0.39 is 5.97 Å². The number of ether oxygens (including phenoxy) is 1. The maximum Gasteiger partial charge on any atom is 0.317 e. The summed E-state index contributed by atoms with van der Waals surface area (Å²) in [6.07, 6.45) is 0.913.